The number of hydrogen-bond donors (Lipinski definition) is 1. The molecule has 0 fully saturated rings. The molecular weight excluding hydrogens is 323 g/mol. The molecule has 0 amide bonds. The molecule has 1 aromatic carbocycles. The largest absolute Gasteiger partial charge is 0.416 e. The third kappa shape index (κ3) is 3.13. The van der Waals surface area contributed by atoms with E-state index in [1.54, 1.807) is 12.3 Å². The number of halogens is 4. The monoisotopic (exact) mass is 331 g/mol. The van der Waals surface area contributed by atoms with Crippen LogP contribution in [0.15, 0.2) is 47.2 Å². The van der Waals surface area contributed by atoms with Gasteiger partial charge in [0.1, 0.15) is 6.10 Å². The van der Waals surface area contributed by atoms with E-state index in [1.807, 2.05) is 0 Å². The van der Waals surface area contributed by atoms with Crippen molar-refractivity contribution in [2.45, 2.75) is 12.3 Å². The highest BCUT2D eigenvalue weighted by Crippen LogP contribution is 2.32. The molecule has 1 N–H and O–H groups in total. The van der Waals surface area contributed by atoms with Crippen LogP contribution in [0.1, 0.15) is 22.8 Å². The third-order valence-corrected chi connectivity index (χ3v) is 3.37. The zero-order valence-corrected chi connectivity index (χ0v) is 11.1. The van der Waals surface area contributed by atoms with Crippen LogP contribution in [0, 0.1) is 0 Å². The Kier molecular flexibility index (Phi) is 3.91. The number of hydrogen-bond acceptors (Lipinski definition) is 2. The van der Waals surface area contributed by atoms with Gasteiger partial charge in [-0.2, -0.15) is 13.2 Å². The van der Waals surface area contributed by atoms with Crippen molar-refractivity contribution in [3.8, 4) is 0 Å². The number of aliphatic hydroxyl groups is 1. The Bertz CT molecular complexity index is 569. The summed E-state index contributed by atoms with van der Waals surface area (Å²) in [5.74, 6) is 0. The molecule has 0 aliphatic heterocycles. The van der Waals surface area contributed by atoms with Gasteiger partial charge in [-0.15, -0.1) is 0 Å². The van der Waals surface area contributed by atoms with E-state index in [-0.39, 0.29) is 0 Å². The van der Waals surface area contributed by atoms with E-state index in [9.17, 15) is 18.3 Å². The molecule has 1 unspecified atom stereocenters. The molecule has 1 aromatic heterocycles. The topological polar surface area (TPSA) is 33.1 Å². The summed E-state index contributed by atoms with van der Waals surface area (Å²) >= 11 is 3.26. The summed E-state index contributed by atoms with van der Waals surface area (Å²) in [6.07, 6.45) is -2.39. The average Bonchev–Trinajstić information content (AvgIpc) is 2.38. The maximum absolute atomic E-state index is 12.4. The van der Waals surface area contributed by atoms with Crippen molar-refractivity contribution < 1.29 is 18.3 Å². The van der Waals surface area contributed by atoms with Gasteiger partial charge in [-0.25, -0.2) is 0 Å². The number of alkyl halides is 3. The molecule has 100 valence electrons. The van der Waals surface area contributed by atoms with Crippen LogP contribution in [0.5, 0.6) is 0 Å². The number of nitrogens with zero attached hydrogens (tertiary/aromatic N) is 1. The Morgan fingerprint density at radius 2 is 1.74 bits per heavy atom. The van der Waals surface area contributed by atoms with Gasteiger partial charge in [-0.1, -0.05) is 28.1 Å². The predicted octanol–water partition coefficient (Wildman–Crippen LogP) is 3.94. The Labute approximate surface area is 116 Å². The molecule has 2 rings (SSSR count). The van der Waals surface area contributed by atoms with Gasteiger partial charge in [0.05, 0.1) is 5.56 Å². The molecule has 2 aromatic rings. The fourth-order valence-corrected chi connectivity index (χ4v) is 2.06. The second-order valence-corrected chi connectivity index (χ2v) is 4.77. The fourth-order valence-electron chi connectivity index (χ4n) is 1.62. The van der Waals surface area contributed by atoms with Gasteiger partial charge in [0, 0.05) is 22.4 Å². The fraction of sp³-hybridized carbons (Fsp3) is 0.154. The summed E-state index contributed by atoms with van der Waals surface area (Å²) in [6, 6.07) is 6.06. The molecule has 1 atom stereocenters. The molecule has 2 nitrogen and oxygen atoms in total. The lowest BCUT2D eigenvalue weighted by Gasteiger charge is -2.14. The molecule has 6 heteroatoms. The van der Waals surface area contributed by atoms with E-state index in [0.717, 1.165) is 12.1 Å². The van der Waals surface area contributed by atoms with Gasteiger partial charge in [0.2, 0.25) is 0 Å². The quantitative estimate of drug-likeness (QED) is 0.904. The summed E-state index contributed by atoms with van der Waals surface area (Å²) in [7, 11) is 0. The molecule has 0 aliphatic carbocycles. The van der Waals surface area contributed by atoms with Crippen LogP contribution in [0.3, 0.4) is 0 Å². The minimum atomic E-state index is -4.38. The molecule has 0 saturated carbocycles. The zero-order chi connectivity index (χ0) is 14.0. The lowest BCUT2D eigenvalue weighted by Crippen LogP contribution is -2.06. The summed E-state index contributed by atoms with van der Waals surface area (Å²) in [6.45, 7) is 0. The first-order chi connectivity index (χ1) is 8.89. The Morgan fingerprint density at radius 3 is 2.26 bits per heavy atom. The van der Waals surface area contributed by atoms with Gasteiger partial charge in [-0.3, -0.25) is 4.98 Å². The lowest BCUT2D eigenvalue weighted by molar-refractivity contribution is -0.137. The van der Waals surface area contributed by atoms with Crippen LogP contribution in [-0.4, -0.2) is 10.1 Å². The van der Waals surface area contributed by atoms with Crippen molar-refractivity contribution in [1.29, 1.82) is 0 Å². The Balaban J connectivity index is 2.31. The van der Waals surface area contributed by atoms with E-state index in [0.29, 0.717) is 15.6 Å². The summed E-state index contributed by atoms with van der Waals surface area (Å²) < 4.78 is 37.9. The van der Waals surface area contributed by atoms with E-state index in [4.69, 9.17) is 0 Å². The maximum Gasteiger partial charge on any atom is 0.416 e. The second kappa shape index (κ2) is 5.30. The molecule has 0 spiro atoms. The van der Waals surface area contributed by atoms with Crippen molar-refractivity contribution in [1.82, 2.24) is 4.98 Å². The van der Waals surface area contributed by atoms with E-state index in [2.05, 4.69) is 20.9 Å². The van der Waals surface area contributed by atoms with E-state index < -0.39 is 17.8 Å². The van der Waals surface area contributed by atoms with Crippen LogP contribution in [0.2, 0.25) is 0 Å². The Hall–Kier alpha value is -1.40. The SMILES string of the molecule is OC(c1ccc(C(F)(F)F)cc1)c1cnccc1Br. The lowest BCUT2D eigenvalue weighted by atomic mass is 10.0. The minimum Gasteiger partial charge on any atom is -0.384 e. The number of aliphatic hydroxyl groups excluding tert-OH is 1. The first-order valence-corrected chi connectivity index (χ1v) is 6.13. The minimum absolute atomic E-state index is 0.377. The number of rotatable bonds is 2. The van der Waals surface area contributed by atoms with Crippen molar-refractivity contribution in [2.75, 3.05) is 0 Å². The van der Waals surface area contributed by atoms with Gasteiger partial charge < -0.3 is 5.11 Å². The van der Waals surface area contributed by atoms with Gasteiger partial charge >= 0.3 is 6.18 Å². The highest BCUT2D eigenvalue weighted by molar-refractivity contribution is 9.10. The first-order valence-electron chi connectivity index (χ1n) is 5.34. The smallest absolute Gasteiger partial charge is 0.384 e. The van der Waals surface area contributed by atoms with Crippen molar-refractivity contribution in [3.05, 3.63) is 63.9 Å². The Morgan fingerprint density at radius 1 is 1.11 bits per heavy atom. The molecule has 0 radical (unpaired) electrons. The van der Waals surface area contributed by atoms with Crippen LogP contribution in [-0.2, 0) is 6.18 Å². The first kappa shape index (κ1) is 14.0. The van der Waals surface area contributed by atoms with Crippen molar-refractivity contribution in [2.24, 2.45) is 0 Å². The highest BCUT2D eigenvalue weighted by atomic mass is 79.9. The molecule has 19 heavy (non-hydrogen) atoms. The van der Waals surface area contributed by atoms with Crippen molar-refractivity contribution >= 4 is 15.9 Å². The second-order valence-electron chi connectivity index (χ2n) is 3.92. The van der Waals surface area contributed by atoms with Crippen LogP contribution >= 0.6 is 15.9 Å². The number of benzene rings is 1. The summed E-state index contributed by atoms with van der Waals surface area (Å²) in [4.78, 5) is 3.88. The predicted molar refractivity (Wildman–Crippen MR) is 67.4 cm³/mol. The van der Waals surface area contributed by atoms with Crippen LogP contribution in [0.25, 0.3) is 0 Å². The third-order valence-electron chi connectivity index (χ3n) is 2.64. The maximum atomic E-state index is 12.4. The molecule has 0 bridgehead atoms. The normalized spacial score (nSPS) is 13.3. The molecule has 0 aliphatic rings. The van der Waals surface area contributed by atoms with Crippen molar-refractivity contribution in [3.63, 3.8) is 0 Å². The van der Waals surface area contributed by atoms with Gasteiger partial charge in [0.15, 0.2) is 0 Å². The van der Waals surface area contributed by atoms with E-state index >= 15 is 0 Å². The highest BCUT2D eigenvalue weighted by Gasteiger charge is 2.30. The van der Waals surface area contributed by atoms with Crippen LogP contribution in [0.4, 0.5) is 13.2 Å². The standard InChI is InChI=1S/C13H9BrF3NO/c14-11-5-6-18-7-10(11)12(19)8-1-3-9(4-2-8)13(15,16)17/h1-7,12,19H. The summed E-state index contributed by atoms with van der Waals surface area (Å²) in [5, 5.41) is 10.1. The molecular formula is C13H9BrF3NO. The van der Waals surface area contributed by atoms with Crippen LogP contribution < -0.4 is 0 Å². The average molecular weight is 332 g/mol. The van der Waals surface area contributed by atoms with Gasteiger partial charge in [-0.05, 0) is 23.8 Å². The van der Waals surface area contributed by atoms with E-state index in [1.165, 1.54) is 18.3 Å². The molecule has 0 saturated heterocycles. The summed E-state index contributed by atoms with van der Waals surface area (Å²) in [5.41, 5.74) is 0.137. The molecule has 1 heterocycles. The van der Waals surface area contributed by atoms with Gasteiger partial charge in [0.25, 0.3) is 0 Å². The zero-order valence-electron chi connectivity index (χ0n) is 9.53. The number of pyridine rings is 1. The number of aromatic nitrogens is 1.